The summed E-state index contributed by atoms with van der Waals surface area (Å²) >= 11 is 0. The lowest BCUT2D eigenvalue weighted by Crippen LogP contribution is -2.37. The molecule has 1 aromatic rings. The van der Waals surface area contributed by atoms with E-state index in [4.69, 9.17) is 4.74 Å². The predicted molar refractivity (Wildman–Crippen MR) is 70.8 cm³/mol. The smallest absolute Gasteiger partial charge is 0.407 e. The third-order valence-corrected chi connectivity index (χ3v) is 2.65. The van der Waals surface area contributed by atoms with E-state index in [9.17, 15) is 14.0 Å². The van der Waals surface area contributed by atoms with Gasteiger partial charge < -0.3 is 14.8 Å². The van der Waals surface area contributed by atoms with Crippen molar-refractivity contribution in [2.75, 3.05) is 13.8 Å². The van der Waals surface area contributed by atoms with E-state index >= 15 is 0 Å². The van der Waals surface area contributed by atoms with Gasteiger partial charge in [0.15, 0.2) is 0 Å². The molecule has 6 heteroatoms. The SMILES string of the molecule is COC(=O)CC[C@@H](CF)NC(=O)OCc1ccccc1. The average Bonchev–Trinajstić information content (AvgIpc) is 2.49. The van der Waals surface area contributed by atoms with Crippen LogP contribution >= 0.6 is 0 Å². The molecule has 0 spiro atoms. The van der Waals surface area contributed by atoms with Gasteiger partial charge >= 0.3 is 12.1 Å². The van der Waals surface area contributed by atoms with Crippen molar-refractivity contribution in [3.8, 4) is 0 Å². The lowest BCUT2D eigenvalue weighted by molar-refractivity contribution is -0.140. The fourth-order valence-electron chi connectivity index (χ4n) is 1.51. The monoisotopic (exact) mass is 283 g/mol. The van der Waals surface area contributed by atoms with E-state index in [0.717, 1.165) is 5.56 Å². The van der Waals surface area contributed by atoms with Gasteiger partial charge in [-0.1, -0.05) is 30.3 Å². The summed E-state index contributed by atoms with van der Waals surface area (Å²) in [5.74, 6) is -0.442. The Morgan fingerprint density at radius 1 is 1.30 bits per heavy atom. The molecule has 5 nitrogen and oxygen atoms in total. The zero-order valence-corrected chi connectivity index (χ0v) is 11.3. The Hall–Kier alpha value is -2.11. The summed E-state index contributed by atoms with van der Waals surface area (Å²) in [6.07, 6.45) is -0.491. The van der Waals surface area contributed by atoms with Gasteiger partial charge in [0.2, 0.25) is 0 Å². The minimum Gasteiger partial charge on any atom is -0.469 e. The first kappa shape index (κ1) is 15.9. The minimum absolute atomic E-state index is 0.0457. The van der Waals surface area contributed by atoms with Crippen LogP contribution in [0, 0.1) is 0 Å². The van der Waals surface area contributed by atoms with Gasteiger partial charge in [-0.05, 0) is 12.0 Å². The second-order valence-corrected chi connectivity index (χ2v) is 4.17. The molecule has 1 amide bonds. The Bertz CT molecular complexity index is 424. The van der Waals surface area contributed by atoms with Crippen LogP contribution in [0.25, 0.3) is 0 Å². The van der Waals surface area contributed by atoms with Crippen molar-refractivity contribution in [1.29, 1.82) is 0 Å². The molecule has 1 rings (SSSR count). The van der Waals surface area contributed by atoms with Crippen molar-refractivity contribution in [1.82, 2.24) is 5.32 Å². The number of nitrogens with one attached hydrogen (secondary N) is 1. The first-order chi connectivity index (χ1) is 9.65. The number of alkyl halides is 1. The highest BCUT2D eigenvalue weighted by Crippen LogP contribution is 2.03. The van der Waals surface area contributed by atoms with Crippen LogP contribution in [-0.4, -0.2) is 31.9 Å². The van der Waals surface area contributed by atoms with Crippen LogP contribution in [0.5, 0.6) is 0 Å². The second-order valence-electron chi connectivity index (χ2n) is 4.17. The number of carbonyl (C=O) groups is 2. The molecule has 0 aliphatic heterocycles. The summed E-state index contributed by atoms with van der Waals surface area (Å²) in [5, 5.41) is 2.37. The van der Waals surface area contributed by atoms with Crippen molar-refractivity contribution in [3.05, 3.63) is 35.9 Å². The maximum absolute atomic E-state index is 12.7. The average molecular weight is 283 g/mol. The van der Waals surface area contributed by atoms with Crippen LogP contribution < -0.4 is 5.32 Å². The summed E-state index contributed by atoms with van der Waals surface area (Å²) in [6, 6.07) is 8.40. The van der Waals surface area contributed by atoms with E-state index in [2.05, 4.69) is 10.1 Å². The summed E-state index contributed by atoms with van der Waals surface area (Å²) < 4.78 is 22.1. The van der Waals surface area contributed by atoms with E-state index in [1.54, 1.807) is 0 Å². The first-order valence-electron chi connectivity index (χ1n) is 6.25. The third-order valence-electron chi connectivity index (χ3n) is 2.65. The highest BCUT2D eigenvalue weighted by Gasteiger charge is 2.15. The van der Waals surface area contributed by atoms with E-state index < -0.39 is 24.8 Å². The molecule has 1 aromatic carbocycles. The summed E-state index contributed by atoms with van der Waals surface area (Å²) in [5.41, 5.74) is 0.842. The number of alkyl carbamates (subject to hydrolysis) is 1. The number of hydrogen-bond acceptors (Lipinski definition) is 4. The molecule has 0 saturated carbocycles. The minimum atomic E-state index is -0.766. The number of carbonyl (C=O) groups excluding carboxylic acids is 2. The molecule has 1 atom stereocenters. The number of benzene rings is 1. The molecule has 0 aromatic heterocycles. The topological polar surface area (TPSA) is 64.6 Å². The van der Waals surface area contributed by atoms with E-state index in [0.29, 0.717) is 0 Å². The number of hydrogen-bond donors (Lipinski definition) is 1. The maximum atomic E-state index is 12.7. The summed E-state index contributed by atoms with van der Waals surface area (Å²) in [7, 11) is 1.26. The molecule has 0 saturated heterocycles. The molecule has 0 fully saturated rings. The van der Waals surface area contributed by atoms with Gasteiger partial charge in [0.1, 0.15) is 13.3 Å². The molecule has 110 valence electrons. The fourth-order valence-corrected chi connectivity index (χ4v) is 1.51. The number of ether oxygens (including phenoxy) is 2. The largest absolute Gasteiger partial charge is 0.469 e. The Labute approximate surface area is 117 Å². The first-order valence-corrected chi connectivity index (χ1v) is 6.25. The van der Waals surface area contributed by atoms with E-state index in [1.165, 1.54) is 7.11 Å². The van der Waals surface area contributed by atoms with Gasteiger partial charge in [0, 0.05) is 6.42 Å². The quantitative estimate of drug-likeness (QED) is 0.779. The highest BCUT2D eigenvalue weighted by atomic mass is 19.1. The summed E-state index contributed by atoms with van der Waals surface area (Å²) in [6.45, 7) is -0.653. The van der Waals surface area contributed by atoms with Crippen LogP contribution in [0.2, 0.25) is 0 Å². The molecule has 0 heterocycles. The van der Waals surface area contributed by atoms with Crippen LogP contribution in [-0.2, 0) is 20.9 Å². The lowest BCUT2D eigenvalue weighted by Gasteiger charge is -2.14. The molecule has 0 aliphatic carbocycles. The van der Waals surface area contributed by atoms with Crippen molar-refractivity contribution >= 4 is 12.1 Å². The number of rotatable bonds is 7. The van der Waals surface area contributed by atoms with Crippen LogP contribution in [0.3, 0.4) is 0 Å². The van der Waals surface area contributed by atoms with Gasteiger partial charge in [-0.15, -0.1) is 0 Å². The molecule has 20 heavy (non-hydrogen) atoms. The van der Waals surface area contributed by atoms with Crippen molar-refractivity contribution in [2.45, 2.75) is 25.5 Å². The second kappa shape index (κ2) is 8.90. The van der Waals surface area contributed by atoms with Crippen LogP contribution in [0.1, 0.15) is 18.4 Å². The Morgan fingerprint density at radius 2 is 2.00 bits per heavy atom. The number of esters is 1. The Morgan fingerprint density at radius 3 is 2.60 bits per heavy atom. The van der Waals surface area contributed by atoms with Gasteiger partial charge in [0.25, 0.3) is 0 Å². The molecule has 1 N–H and O–H groups in total. The Balaban J connectivity index is 2.30. The maximum Gasteiger partial charge on any atom is 0.407 e. The molecule has 0 bridgehead atoms. The molecule has 0 radical (unpaired) electrons. The lowest BCUT2D eigenvalue weighted by atomic mass is 10.2. The zero-order valence-electron chi connectivity index (χ0n) is 11.3. The highest BCUT2D eigenvalue weighted by molar-refractivity contribution is 5.70. The third kappa shape index (κ3) is 6.17. The number of methoxy groups -OCH3 is 1. The predicted octanol–water partition coefficient (Wildman–Crippen LogP) is 2.20. The normalized spacial score (nSPS) is 11.5. The van der Waals surface area contributed by atoms with E-state index in [-0.39, 0.29) is 19.4 Å². The van der Waals surface area contributed by atoms with Crippen LogP contribution in [0.4, 0.5) is 9.18 Å². The molecular weight excluding hydrogens is 265 g/mol. The van der Waals surface area contributed by atoms with E-state index in [1.807, 2.05) is 30.3 Å². The zero-order chi connectivity index (χ0) is 14.8. The van der Waals surface area contributed by atoms with Crippen molar-refractivity contribution in [3.63, 3.8) is 0 Å². The molecule has 0 unspecified atom stereocenters. The van der Waals surface area contributed by atoms with Gasteiger partial charge in [-0.2, -0.15) is 0 Å². The Kier molecular flexibility index (Phi) is 7.10. The van der Waals surface area contributed by atoms with Gasteiger partial charge in [0.05, 0.1) is 13.2 Å². The van der Waals surface area contributed by atoms with Gasteiger partial charge in [-0.25, -0.2) is 9.18 Å². The van der Waals surface area contributed by atoms with Gasteiger partial charge in [-0.3, -0.25) is 4.79 Å². The summed E-state index contributed by atoms with van der Waals surface area (Å²) in [4.78, 5) is 22.4. The molecule has 0 aliphatic rings. The fraction of sp³-hybridized carbons (Fsp3) is 0.429. The number of halogens is 1. The van der Waals surface area contributed by atoms with Crippen molar-refractivity contribution < 1.29 is 23.5 Å². The van der Waals surface area contributed by atoms with Crippen molar-refractivity contribution in [2.24, 2.45) is 0 Å². The van der Waals surface area contributed by atoms with Crippen LogP contribution in [0.15, 0.2) is 30.3 Å². The number of amides is 1. The standard InChI is InChI=1S/C14H18FNO4/c1-19-13(17)8-7-12(9-15)16-14(18)20-10-11-5-3-2-4-6-11/h2-6,12H,7-10H2,1H3,(H,16,18)/t12-/m0/s1. The molecular formula is C14H18FNO4.